The number of nitrogens with zero attached hydrogens (tertiary/aromatic N) is 5. The summed E-state index contributed by atoms with van der Waals surface area (Å²) in [6.07, 6.45) is 3.07. The Labute approximate surface area is 218 Å². The van der Waals surface area contributed by atoms with E-state index in [-0.39, 0.29) is 30.7 Å². The number of likely N-dealkylation sites (N-methyl/N-ethyl adjacent to an activating group) is 1. The van der Waals surface area contributed by atoms with E-state index in [2.05, 4.69) is 23.4 Å². The van der Waals surface area contributed by atoms with Crippen molar-refractivity contribution in [1.82, 2.24) is 25.1 Å². The van der Waals surface area contributed by atoms with Gasteiger partial charge in [0, 0.05) is 44.8 Å². The van der Waals surface area contributed by atoms with Gasteiger partial charge in [0.15, 0.2) is 0 Å². The molecule has 2 amide bonds. The monoisotopic (exact) mass is 508 g/mol. The van der Waals surface area contributed by atoms with Gasteiger partial charge in [-0.05, 0) is 61.2 Å². The van der Waals surface area contributed by atoms with E-state index >= 15 is 0 Å². The Hall–Kier alpha value is -3.46. The highest BCUT2D eigenvalue weighted by Crippen LogP contribution is 2.29. The summed E-state index contributed by atoms with van der Waals surface area (Å²) in [4.78, 5) is 28.2. The van der Waals surface area contributed by atoms with Gasteiger partial charge in [-0.25, -0.2) is 9.40 Å². The number of rotatable bonds is 10. The number of carbonyl (C=O) groups excluding carboxylic acids is 2. The highest BCUT2D eigenvalue weighted by molar-refractivity contribution is 5.91. The van der Waals surface area contributed by atoms with Gasteiger partial charge in [0.2, 0.25) is 5.91 Å². The Morgan fingerprint density at radius 1 is 1.08 bits per heavy atom. The molecule has 0 bridgehead atoms. The molecule has 4 rings (SSSR count). The first-order chi connectivity index (χ1) is 17.7. The summed E-state index contributed by atoms with van der Waals surface area (Å²) < 4.78 is 15.5. The number of unbranched alkanes of at least 4 members (excludes halogenated alkanes) is 2. The molecular formula is C28H37FN6O2. The quantitative estimate of drug-likeness (QED) is 0.422. The van der Waals surface area contributed by atoms with E-state index in [9.17, 15) is 14.0 Å². The van der Waals surface area contributed by atoms with Gasteiger partial charge >= 0.3 is 0 Å². The van der Waals surface area contributed by atoms with Crippen molar-refractivity contribution in [3.8, 4) is 0 Å². The maximum Gasteiger partial charge on any atom is 0.256 e. The van der Waals surface area contributed by atoms with Crippen LogP contribution in [0.1, 0.15) is 48.6 Å². The SMILES string of the molecule is CCCCCNC(=O)CN(CC(=O)N(C)N1Cc2ccc(F)cc2C1)c1cc2c(C)nn(C)c2cc1C. The van der Waals surface area contributed by atoms with Crippen molar-refractivity contribution in [1.29, 1.82) is 0 Å². The number of aromatic nitrogens is 2. The number of hydrazine groups is 1. The highest BCUT2D eigenvalue weighted by Gasteiger charge is 2.27. The number of hydrogen-bond donors (Lipinski definition) is 1. The van der Waals surface area contributed by atoms with Crippen molar-refractivity contribution in [2.45, 2.75) is 53.1 Å². The van der Waals surface area contributed by atoms with Crippen LogP contribution in [0.2, 0.25) is 0 Å². The zero-order valence-electron chi connectivity index (χ0n) is 22.5. The van der Waals surface area contributed by atoms with Crippen LogP contribution in [0, 0.1) is 19.7 Å². The first-order valence-electron chi connectivity index (χ1n) is 12.9. The van der Waals surface area contributed by atoms with Crippen LogP contribution in [-0.2, 0) is 29.7 Å². The number of amides is 2. The van der Waals surface area contributed by atoms with Crippen molar-refractivity contribution in [3.05, 3.63) is 58.5 Å². The van der Waals surface area contributed by atoms with Gasteiger partial charge in [-0.1, -0.05) is 25.8 Å². The van der Waals surface area contributed by atoms with Gasteiger partial charge in [-0.2, -0.15) is 5.10 Å². The van der Waals surface area contributed by atoms with Crippen LogP contribution >= 0.6 is 0 Å². The third-order valence-electron chi connectivity index (χ3n) is 7.12. The molecule has 0 aliphatic carbocycles. The van der Waals surface area contributed by atoms with Crippen molar-refractivity contribution < 1.29 is 14.0 Å². The van der Waals surface area contributed by atoms with Crippen molar-refractivity contribution >= 4 is 28.4 Å². The van der Waals surface area contributed by atoms with E-state index in [1.165, 1.54) is 12.1 Å². The molecule has 0 unspecified atom stereocenters. The molecule has 8 nitrogen and oxygen atoms in total. The van der Waals surface area contributed by atoms with Crippen molar-refractivity contribution in [2.24, 2.45) is 7.05 Å². The molecule has 0 spiro atoms. The van der Waals surface area contributed by atoms with Gasteiger partial charge in [0.25, 0.3) is 5.91 Å². The van der Waals surface area contributed by atoms with Crippen LogP contribution in [0.4, 0.5) is 10.1 Å². The van der Waals surface area contributed by atoms with Gasteiger partial charge in [-0.15, -0.1) is 0 Å². The minimum atomic E-state index is -0.276. The van der Waals surface area contributed by atoms with Gasteiger partial charge in [-0.3, -0.25) is 19.3 Å². The zero-order chi connectivity index (χ0) is 26.7. The van der Waals surface area contributed by atoms with Crippen LogP contribution in [-0.4, -0.2) is 58.3 Å². The van der Waals surface area contributed by atoms with Crippen molar-refractivity contribution in [3.63, 3.8) is 0 Å². The third-order valence-corrected chi connectivity index (χ3v) is 7.12. The Morgan fingerprint density at radius 2 is 1.84 bits per heavy atom. The first kappa shape index (κ1) is 26.6. The minimum absolute atomic E-state index is 0.0335. The molecule has 0 radical (unpaired) electrons. The lowest BCUT2D eigenvalue weighted by Crippen LogP contribution is -2.48. The van der Waals surface area contributed by atoms with E-state index in [4.69, 9.17) is 0 Å². The number of halogens is 1. The van der Waals surface area contributed by atoms with E-state index < -0.39 is 0 Å². The zero-order valence-corrected chi connectivity index (χ0v) is 22.5. The molecule has 0 fully saturated rings. The molecule has 198 valence electrons. The summed E-state index contributed by atoms with van der Waals surface area (Å²) in [5, 5.41) is 12.0. The van der Waals surface area contributed by atoms with E-state index in [0.717, 1.165) is 58.2 Å². The average Bonchev–Trinajstić information content (AvgIpc) is 3.40. The molecule has 1 aliphatic rings. The normalized spacial score (nSPS) is 13.1. The number of carbonyl (C=O) groups is 2. The predicted octanol–water partition coefficient (Wildman–Crippen LogP) is 3.83. The van der Waals surface area contributed by atoms with Crippen LogP contribution < -0.4 is 10.2 Å². The number of nitrogens with one attached hydrogen (secondary N) is 1. The van der Waals surface area contributed by atoms with Crippen LogP contribution in [0.25, 0.3) is 10.9 Å². The number of hydrogen-bond acceptors (Lipinski definition) is 5. The molecule has 2 aromatic carbocycles. The summed E-state index contributed by atoms with van der Waals surface area (Å²) in [7, 11) is 3.64. The molecule has 3 aromatic rings. The minimum Gasteiger partial charge on any atom is -0.355 e. The molecule has 2 heterocycles. The van der Waals surface area contributed by atoms with Crippen LogP contribution in [0.5, 0.6) is 0 Å². The summed E-state index contributed by atoms with van der Waals surface area (Å²) in [5.41, 5.74) is 5.60. The standard InChI is InChI=1S/C28H37FN6O2/c1-6-7-8-11-30-27(36)17-34(25-14-24-20(3)31-32(4)26(24)12-19(25)2)18-28(37)33(5)35-15-21-9-10-23(29)13-22(21)16-35/h9-10,12-14H,6-8,11,15-18H2,1-5H3,(H,30,36). The predicted molar refractivity (Wildman–Crippen MR) is 143 cm³/mol. The summed E-state index contributed by atoms with van der Waals surface area (Å²) in [6.45, 7) is 7.80. The molecule has 0 saturated heterocycles. The molecule has 1 aliphatic heterocycles. The Bertz CT molecular complexity index is 1300. The number of benzene rings is 2. The second kappa shape index (κ2) is 11.3. The van der Waals surface area contributed by atoms with Gasteiger partial charge < -0.3 is 10.2 Å². The maximum atomic E-state index is 13.7. The Kier molecular flexibility index (Phi) is 8.12. The Balaban J connectivity index is 1.55. The summed E-state index contributed by atoms with van der Waals surface area (Å²) in [6, 6.07) is 8.82. The van der Waals surface area contributed by atoms with Crippen LogP contribution in [0.15, 0.2) is 30.3 Å². The molecule has 9 heteroatoms. The number of aryl methyl sites for hydroxylation is 3. The average molecular weight is 509 g/mol. The van der Waals surface area contributed by atoms with Gasteiger partial charge in [0.1, 0.15) is 5.82 Å². The van der Waals surface area contributed by atoms with Crippen molar-refractivity contribution in [2.75, 3.05) is 31.6 Å². The first-order valence-corrected chi connectivity index (χ1v) is 12.9. The molecular weight excluding hydrogens is 471 g/mol. The van der Waals surface area contributed by atoms with Gasteiger partial charge in [0.05, 0.1) is 24.3 Å². The Morgan fingerprint density at radius 3 is 2.59 bits per heavy atom. The molecule has 0 saturated carbocycles. The second-order valence-corrected chi connectivity index (χ2v) is 9.93. The number of anilines is 1. The smallest absolute Gasteiger partial charge is 0.256 e. The van der Waals surface area contributed by atoms with E-state index in [0.29, 0.717) is 19.6 Å². The fraction of sp³-hybridized carbons (Fsp3) is 0.464. The largest absolute Gasteiger partial charge is 0.355 e. The van der Waals surface area contributed by atoms with E-state index in [1.807, 2.05) is 41.6 Å². The lowest BCUT2D eigenvalue weighted by Gasteiger charge is -2.32. The lowest BCUT2D eigenvalue weighted by molar-refractivity contribution is -0.145. The molecule has 0 atom stereocenters. The molecule has 37 heavy (non-hydrogen) atoms. The molecule has 1 N–H and O–H groups in total. The summed E-state index contributed by atoms with van der Waals surface area (Å²) >= 11 is 0. The number of fused-ring (bicyclic) bond motifs is 2. The van der Waals surface area contributed by atoms with E-state index in [1.54, 1.807) is 18.1 Å². The maximum absolute atomic E-state index is 13.7. The lowest BCUT2D eigenvalue weighted by atomic mass is 10.1. The fourth-order valence-electron chi connectivity index (χ4n) is 4.95. The molecule has 1 aromatic heterocycles. The van der Waals surface area contributed by atoms with Crippen LogP contribution in [0.3, 0.4) is 0 Å². The fourth-order valence-corrected chi connectivity index (χ4v) is 4.95. The second-order valence-electron chi connectivity index (χ2n) is 9.93. The third kappa shape index (κ3) is 5.93. The highest BCUT2D eigenvalue weighted by atomic mass is 19.1. The topological polar surface area (TPSA) is 73.7 Å². The summed E-state index contributed by atoms with van der Waals surface area (Å²) in [5.74, 6) is -0.533.